The van der Waals surface area contributed by atoms with E-state index in [9.17, 15) is 13.2 Å². The fraction of sp³-hybridized carbons (Fsp3) is 0.267. The van der Waals surface area contributed by atoms with Crippen molar-refractivity contribution in [2.45, 2.75) is 12.7 Å². The molecule has 0 amide bonds. The zero-order valence-electron chi connectivity index (χ0n) is 13.0. The number of rotatable bonds is 4. The number of nitrogens with one attached hydrogen (secondary N) is 1. The normalized spacial score (nSPS) is 11.7. The average molecular weight is 336 g/mol. The molecular formula is C15H15F3N6. The zero-order chi connectivity index (χ0) is 17.3. The fourth-order valence-electron chi connectivity index (χ4n) is 2.16. The van der Waals surface area contributed by atoms with Crippen LogP contribution in [0.25, 0.3) is 5.65 Å². The van der Waals surface area contributed by atoms with Gasteiger partial charge in [0.1, 0.15) is 5.82 Å². The van der Waals surface area contributed by atoms with Crippen LogP contribution in [0.3, 0.4) is 0 Å². The largest absolute Gasteiger partial charge is 0.453 e. The summed E-state index contributed by atoms with van der Waals surface area (Å²) in [6.07, 6.45) is -4.60. The van der Waals surface area contributed by atoms with E-state index in [2.05, 4.69) is 20.6 Å². The van der Waals surface area contributed by atoms with E-state index in [1.807, 2.05) is 43.3 Å². The van der Waals surface area contributed by atoms with Gasteiger partial charge in [-0.05, 0) is 29.8 Å². The van der Waals surface area contributed by atoms with Crippen LogP contribution in [0.5, 0.6) is 0 Å². The molecule has 0 aliphatic rings. The van der Waals surface area contributed by atoms with Gasteiger partial charge in [0.2, 0.25) is 0 Å². The third kappa shape index (κ3) is 3.24. The summed E-state index contributed by atoms with van der Waals surface area (Å²) in [5.74, 6) is -0.832. The highest BCUT2D eigenvalue weighted by Crippen LogP contribution is 2.27. The van der Waals surface area contributed by atoms with Crippen molar-refractivity contribution >= 4 is 17.2 Å². The highest BCUT2D eigenvalue weighted by atomic mass is 19.4. The lowest BCUT2D eigenvalue weighted by Crippen LogP contribution is -2.13. The van der Waals surface area contributed by atoms with Crippen LogP contribution in [-0.2, 0) is 12.7 Å². The molecular weight excluding hydrogens is 321 g/mol. The second kappa shape index (κ2) is 5.99. The highest BCUT2D eigenvalue weighted by Gasteiger charge is 2.37. The van der Waals surface area contributed by atoms with Crippen molar-refractivity contribution in [3.63, 3.8) is 0 Å². The molecule has 1 aromatic carbocycles. The van der Waals surface area contributed by atoms with Crippen LogP contribution >= 0.6 is 0 Å². The van der Waals surface area contributed by atoms with Gasteiger partial charge >= 0.3 is 6.18 Å². The van der Waals surface area contributed by atoms with Crippen LogP contribution in [0.4, 0.5) is 24.7 Å². The number of anilines is 2. The molecule has 0 fully saturated rings. The highest BCUT2D eigenvalue weighted by molar-refractivity contribution is 5.47. The number of hydrogen-bond acceptors (Lipinski definition) is 5. The zero-order valence-corrected chi connectivity index (χ0v) is 13.0. The minimum Gasteiger partial charge on any atom is -0.378 e. The lowest BCUT2D eigenvalue weighted by atomic mass is 10.2. The van der Waals surface area contributed by atoms with Gasteiger partial charge in [0.05, 0.1) is 0 Å². The Kier molecular flexibility index (Phi) is 4.00. The summed E-state index contributed by atoms with van der Waals surface area (Å²) in [4.78, 5) is 1.98. The van der Waals surface area contributed by atoms with E-state index in [-0.39, 0.29) is 5.65 Å². The predicted molar refractivity (Wildman–Crippen MR) is 83.9 cm³/mol. The minimum absolute atomic E-state index is 0.0446. The standard InChI is InChI=1S/C15H15F3N6/c1-23(2)11-5-3-10(4-6-11)9-19-12-7-8-13-20-21-14(15(16,17)18)24(13)22-12/h3-8H,9H2,1-2H3,(H,19,22). The van der Waals surface area contributed by atoms with Gasteiger partial charge in [-0.3, -0.25) is 0 Å². The van der Waals surface area contributed by atoms with Gasteiger partial charge in [-0.25, -0.2) is 0 Å². The Balaban J connectivity index is 1.78. The first-order valence-electron chi connectivity index (χ1n) is 7.14. The van der Waals surface area contributed by atoms with Crippen LogP contribution in [-0.4, -0.2) is 33.9 Å². The SMILES string of the molecule is CN(C)c1ccc(CNc2ccc3nnc(C(F)(F)F)n3n2)cc1. The first-order valence-corrected chi connectivity index (χ1v) is 7.14. The number of halogens is 3. The summed E-state index contributed by atoms with van der Waals surface area (Å²) in [5.41, 5.74) is 2.10. The number of aromatic nitrogens is 4. The number of hydrogen-bond donors (Lipinski definition) is 1. The van der Waals surface area contributed by atoms with Crippen LogP contribution < -0.4 is 10.2 Å². The molecule has 2 heterocycles. The van der Waals surface area contributed by atoms with Crippen molar-refractivity contribution in [1.29, 1.82) is 0 Å². The Morgan fingerprint density at radius 1 is 1.04 bits per heavy atom. The van der Waals surface area contributed by atoms with Gasteiger partial charge in [-0.15, -0.1) is 15.3 Å². The molecule has 0 aliphatic heterocycles. The third-order valence-electron chi connectivity index (χ3n) is 3.44. The second-order valence-corrected chi connectivity index (χ2v) is 5.42. The first-order chi connectivity index (χ1) is 11.3. The molecule has 6 nitrogen and oxygen atoms in total. The molecule has 0 bridgehead atoms. The lowest BCUT2D eigenvalue weighted by molar-refractivity contribution is -0.146. The van der Waals surface area contributed by atoms with Crippen molar-refractivity contribution in [1.82, 2.24) is 19.8 Å². The van der Waals surface area contributed by atoms with Gasteiger partial charge in [0.15, 0.2) is 5.65 Å². The Hall–Kier alpha value is -2.84. The Bertz CT molecular complexity index is 839. The van der Waals surface area contributed by atoms with Gasteiger partial charge in [-0.2, -0.15) is 17.7 Å². The molecule has 0 saturated carbocycles. The Morgan fingerprint density at radius 2 is 1.75 bits per heavy atom. The first kappa shape index (κ1) is 16.0. The van der Waals surface area contributed by atoms with E-state index < -0.39 is 12.0 Å². The molecule has 24 heavy (non-hydrogen) atoms. The summed E-state index contributed by atoms with van der Waals surface area (Å²) < 4.78 is 39.2. The van der Waals surface area contributed by atoms with Crippen LogP contribution in [0.2, 0.25) is 0 Å². The molecule has 0 aliphatic carbocycles. The average Bonchev–Trinajstić information content (AvgIpc) is 2.96. The van der Waals surface area contributed by atoms with Crippen molar-refractivity contribution in [3.8, 4) is 0 Å². The van der Waals surface area contributed by atoms with Gasteiger partial charge in [0.25, 0.3) is 5.82 Å². The lowest BCUT2D eigenvalue weighted by Gasteiger charge is -2.13. The molecule has 0 unspecified atom stereocenters. The third-order valence-corrected chi connectivity index (χ3v) is 3.44. The smallest absolute Gasteiger partial charge is 0.378 e. The van der Waals surface area contributed by atoms with E-state index >= 15 is 0 Å². The summed E-state index contributed by atoms with van der Waals surface area (Å²) in [6, 6.07) is 10.8. The van der Waals surface area contributed by atoms with Crippen molar-refractivity contribution < 1.29 is 13.2 Å². The topological polar surface area (TPSA) is 58.3 Å². The van der Waals surface area contributed by atoms with Gasteiger partial charge in [-0.1, -0.05) is 12.1 Å². The summed E-state index contributed by atoms with van der Waals surface area (Å²) in [7, 11) is 3.90. The number of fused-ring (bicyclic) bond motifs is 1. The summed E-state index contributed by atoms with van der Waals surface area (Å²) >= 11 is 0. The van der Waals surface area contributed by atoms with E-state index in [1.54, 1.807) is 6.07 Å². The van der Waals surface area contributed by atoms with Crippen LogP contribution in [0.15, 0.2) is 36.4 Å². The van der Waals surface area contributed by atoms with E-state index in [4.69, 9.17) is 0 Å². The molecule has 0 saturated heterocycles. The monoisotopic (exact) mass is 336 g/mol. The number of alkyl halides is 3. The minimum atomic E-state index is -4.60. The molecule has 2 aromatic heterocycles. The maximum absolute atomic E-state index is 12.8. The summed E-state index contributed by atoms with van der Waals surface area (Å²) in [5, 5.41) is 13.5. The Morgan fingerprint density at radius 3 is 2.38 bits per heavy atom. The molecule has 126 valence electrons. The van der Waals surface area contributed by atoms with Crippen LogP contribution in [0.1, 0.15) is 11.4 Å². The van der Waals surface area contributed by atoms with Gasteiger partial charge < -0.3 is 10.2 Å². The molecule has 0 spiro atoms. The van der Waals surface area contributed by atoms with Crippen molar-refractivity contribution in [2.75, 3.05) is 24.3 Å². The second-order valence-electron chi connectivity index (χ2n) is 5.42. The fourth-order valence-corrected chi connectivity index (χ4v) is 2.16. The summed E-state index contributed by atoms with van der Waals surface area (Å²) in [6.45, 7) is 0.440. The Labute approximate surface area is 135 Å². The quantitative estimate of drug-likeness (QED) is 0.794. The van der Waals surface area contributed by atoms with E-state index in [0.717, 1.165) is 11.3 Å². The maximum Gasteiger partial charge on any atom is 0.453 e. The molecule has 0 radical (unpaired) electrons. The molecule has 0 atom stereocenters. The van der Waals surface area contributed by atoms with Crippen LogP contribution in [0, 0.1) is 0 Å². The number of benzene rings is 1. The van der Waals surface area contributed by atoms with Crippen molar-refractivity contribution in [2.24, 2.45) is 0 Å². The van der Waals surface area contributed by atoms with E-state index in [0.29, 0.717) is 16.9 Å². The van der Waals surface area contributed by atoms with Gasteiger partial charge in [0, 0.05) is 26.3 Å². The predicted octanol–water partition coefficient (Wildman–Crippen LogP) is 2.82. The van der Waals surface area contributed by atoms with Crippen molar-refractivity contribution in [3.05, 3.63) is 47.8 Å². The molecule has 3 rings (SSSR count). The molecule has 1 N–H and O–H groups in total. The van der Waals surface area contributed by atoms with E-state index in [1.165, 1.54) is 6.07 Å². The number of nitrogens with zero attached hydrogens (tertiary/aromatic N) is 5. The molecule has 3 aromatic rings. The maximum atomic E-state index is 12.8. The molecule has 9 heteroatoms.